The van der Waals surface area contributed by atoms with Crippen LogP contribution in [-0.4, -0.2) is 35.7 Å². The Morgan fingerprint density at radius 2 is 1.65 bits per heavy atom. The summed E-state index contributed by atoms with van der Waals surface area (Å²) >= 11 is 5.36. The molecule has 0 heterocycles. The number of Topliss-reactive ketones (excluding diaryl/α,β-unsaturated/α-hetero) is 1. The van der Waals surface area contributed by atoms with Gasteiger partial charge in [-0.2, -0.15) is 22.0 Å². The number of hydrogen-bond acceptors (Lipinski definition) is 2. The lowest BCUT2D eigenvalue weighted by atomic mass is 9.82. The first kappa shape index (κ1) is 17.1. The second-order valence-corrected chi connectivity index (χ2v) is 4.91. The second-order valence-electron chi connectivity index (χ2n) is 4.64. The summed E-state index contributed by atoms with van der Waals surface area (Å²) in [5.74, 6) is -9.54. The number of hydrogen-bond donors (Lipinski definition) is 1. The van der Waals surface area contributed by atoms with E-state index < -0.39 is 35.7 Å². The lowest BCUT2D eigenvalue weighted by Gasteiger charge is -2.32. The molecule has 20 heavy (non-hydrogen) atoms. The van der Waals surface area contributed by atoms with E-state index in [0.717, 1.165) is 0 Å². The zero-order valence-corrected chi connectivity index (χ0v) is 11.0. The summed E-state index contributed by atoms with van der Waals surface area (Å²) in [5, 5.41) is 1.64. The van der Waals surface area contributed by atoms with Crippen molar-refractivity contribution in [3.8, 4) is 0 Å². The highest BCUT2D eigenvalue weighted by Crippen LogP contribution is 2.36. The number of carbonyl (C=O) groups is 2. The van der Waals surface area contributed by atoms with Crippen molar-refractivity contribution in [1.82, 2.24) is 5.32 Å². The third-order valence-electron chi connectivity index (χ3n) is 3.27. The van der Waals surface area contributed by atoms with Crippen LogP contribution in [0.15, 0.2) is 0 Å². The molecule has 2 unspecified atom stereocenters. The van der Waals surface area contributed by atoms with Gasteiger partial charge in [0.2, 0.25) is 0 Å². The van der Waals surface area contributed by atoms with Crippen LogP contribution >= 0.6 is 11.6 Å². The smallest absolute Gasteiger partial charge is 0.347 e. The lowest BCUT2D eigenvalue weighted by Crippen LogP contribution is -2.55. The molecule has 9 heteroatoms. The van der Waals surface area contributed by atoms with E-state index in [1.807, 2.05) is 0 Å². The van der Waals surface area contributed by atoms with Gasteiger partial charge in [0.05, 0.1) is 5.88 Å². The Morgan fingerprint density at radius 3 is 2.15 bits per heavy atom. The van der Waals surface area contributed by atoms with Gasteiger partial charge in [-0.3, -0.25) is 9.59 Å². The molecule has 0 radical (unpaired) electrons. The van der Waals surface area contributed by atoms with E-state index >= 15 is 0 Å². The molecule has 1 aliphatic carbocycles. The van der Waals surface area contributed by atoms with Gasteiger partial charge >= 0.3 is 18.0 Å². The molecule has 1 amide bonds. The van der Waals surface area contributed by atoms with Crippen LogP contribution in [0.3, 0.4) is 0 Å². The molecule has 116 valence electrons. The van der Waals surface area contributed by atoms with Gasteiger partial charge < -0.3 is 5.32 Å². The molecule has 3 nitrogen and oxygen atoms in total. The van der Waals surface area contributed by atoms with E-state index in [2.05, 4.69) is 0 Å². The Kier molecular flexibility index (Phi) is 5.34. The Balaban J connectivity index is 2.79. The molecule has 0 saturated heterocycles. The van der Waals surface area contributed by atoms with Crippen molar-refractivity contribution in [2.45, 2.75) is 43.8 Å². The Morgan fingerprint density at radius 1 is 1.10 bits per heavy atom. The van der Waals surface area contributed by atoms with Gasteiger partial charge in [-0.05, 0) is 12.8 Å². The number of ketones is 1. The van der Waals surface area contributed by atoms with E-state index in [1.165, 1.54) is 0 Å². The van der Waals surface area contributed by atoms with Gasteiger partial charge in [-0.25, -0.2) is 0 Å². The molecule has 0 aliphatic heterocycles. The number of carbonyl (C=O) groups excluding carboxylic acids is 2. The third kappa shape index (κ3) is 3.59. The fourth-order valence-corrected chi connectivity index (χ4v) is 2.37. The van der Waals surface area contributed by atoms with Gasteiger partial charge in [0.15, 0.2) is 5.78 Å². The van der Waals surface area contributed by atoms with Gasteiger partial charge in [-0.15, -0.1) is 11.6 Å². The molecule has 0 aromatic heterocycles. The molecular formula is C11H13ClF5NO2. The van der Waals surface area contributed by atoms with Crippen molar-refractivity contribution < 1.29 is 31.5 Å². The van der Waals surface area contributed by atoms with Crippen LogP contribution in [0.4, 0.5) is 22.0 Å². The fourth-order valence-electron chi connectivity index (χ4n) is 2.18. The van der Waals surface area contributed by atoms with Crippen molar-refractivity contribution in [1.29, 1.82) is 0 Å². The van der Waals surface area contributed by atoms with Crippen LogP contribution in [0, 0.1) is 5.92 Å². The Hall–Kier alpha value is -0.920. The minimum Gasteiger partial charge on any atom is -0.347 e. The monoisotopic (exact) mass is 321 g/mol. The van der Waals surface area contributed by atoms with E-state index in [9.17, 15) is 31.5 Å². The second kappa shape index (κ2) is 6.24. The highest BCUT2D eigenvalue weighted by atomic mass is 35.5. The maximum Gasteiger partial charge on any atom is 0.463 e. The lowest BCUT2D eigenvalue weighted by molar-refractivity contribution is -0.270. The number of alkyl halides is 6. The SMILES string of the molecule is O=C(CCl)C1CCCCC1NC(=O)C(F)(F)C(F)(F)F. The minimum atomic E-state index is -5.96. The maximum atomic E-state index is 12.8. The zero-order chi connectivity index (χ0) is 15.6. The molecule has 1 N–H and O–H groups in total. The first-order valence-corrected chi connectivity index (χ1v) is 6.49. The first-order valence-electron chi connectivity index (χ1n) is 5.95. The fraction of sp³-hybridized carbons (Fsp3) is 0.818. The maximum absolute atomic E-state index is 12.8. The Bertz CT molecular complexity index is 385. The summed E-state index contributed by atoms with van der Waals surface area (Å²) in [6.07, 6.45) is -4.30. The standard InChI is InChI=1S/C11H13ClF5NO2/c12-5-8(19)6-3-1-2-4-7(6)18-9(20)10(13,14)11(15,16)17/h6-7H,1-5H2,(H,18,20). The van der Waals surface area contributed by atoms with Crippen molar-refractivity contribution in [2.24, 2.45) is 5.92 Å². The minimum absolute atomic E-state index is 0.174. The van der Waals surface area contributed by atoms with Crippen LogP contribution in [0.5, 0.6) is 0 Å². The Labute approximate surface area is 116 Å². The highest BCUT2D eigenvalue weighted by Gasteiger charge is 2.63. The van der Waals surface area contributed by atoms with Gasteiger partial charge in [0.1, 0.15) is 0 Å². The molecule has 0 aromatic carbocycles. The molecule has 1 rings (SSSR count). The summed E-state index contributed by atoms with van der Waals surface area (Å²) in [6, 6.07) is -1.03. The first-order chi connectivity index (χ1) is 9.11. The van der Waals surface area contributed by atoms with E-state index in [4.69, 9.17) is 11.6 Å². The molecule has 0 aromatic rings. The third-order valence-corrected chi connectivity index (χ3v) is 3.53. The largest absolute Gasteiger partial charge is 0.463 e. The number of amides is 1. The summed E-state index contributed by atoms with van der Waals surface area (Å²) in [7, 11) is 0. The summed E-state index contributed by atoms with van der Waals surface area (Å²) in [5.41, 5.74) is 0. The molecule has 1 fully saturated rings. The van der Waals surface area contributed by atoms with Crippen molar-refractivity contribution in [3.63, 3.8) is 0 Å². The quantitative estimate of drug-likeness (QED) is 0.639. The number of nitrogens with one attached hydrogen (secondary N) is 1. The summed E-state index contributed by atoms with van der Waals surface area (Å²) in [4.78, 5) is 22.6. The average molecular weight is 322 g/mol. The summed E-state index contributed by atoms with van der Waals surface area (Å²) < 4.78 is 61.9. The van der Waals surface area contributed by atoms with E-state index in [-0.39, 0.29) is 12.3 Å². The molecule has 2 atom stereocenters. The topological polar surface area (TPSA) is 46.2 Å². The molecule has 0 bridgehead atoms. The van der Waals surface area contributed by atoms with Crippen molar-refractivity contribution in [2.75, 3.05) is 5.88 Å². The molecule has 1 aliphatic rings. The normalized spacial score (nSPS) is 24.3. The predicted octanol–water partition coefficient (Wildman–Crippen LogP) is 2.67. The number of rotatable bonds is 4. The van der Waals surface area contributed by atoms with Gasteiger partial charge in [0, 0.05) is 12.0 Å². The zero-order valence-electron chi connectivity index (χ0n) is 10.3. The van der Waals surface area contributed by atoms with Crippen LogP contribution in [0.2, 0.25) is 0 Å². The number of halogens is 6. The van der Waals surface area contributed by atoms with Crippen LogP contribution in [-0.2, 0) is 9.59 Å². The van der Waals surface area contributed by atoms with Gasteiger partial charge in [-0.1, -0.05) is 12.8 Å². The molecule has 1 saturated carbocycles. The van der Waals surface area contributed by atoms with E-state index in [1.54, 1.807) is 5.32 Å². The highest BCUT2D eigenvalue weighted by molar-refractivity contribution is 6.28. The van der Waals surface area contributed by atoms with E-state index in [0.29, 0.717) is 19.3 Å². The predicted molar refractivity (Wildman–Crippen MR) is 60.6 cm³/mol. The van der Waals surface area contributed by atoms with Crippen LogP contribution in [0.1, 0.15) is 25.7 Å². The average Bonchev–Trinajstić information content (AvgIpc) is 2.37. The molecular weight excluding hydrogens is 309 g/mol. The molecule has 0 spiro atoms. The van der Waals surface area contributed by atoms with Crippen molar-refractivity contribution >= 4 is 23.3 Å². The van der Waals surface area contributed by atoms with Crippen LogP contribution in [0.25, 0.3) is 0 Å². The summed E-state index contributed by atoms with van der Waals surface area (Å²) in [6.45, 7) is 0. The van der Waals surface area contributed by atoms with Gasteiger partial charge in [0.25, 0.3) is 0 Å². The van der Waals surface area contributed by atoms with Crippen molar-refractivity contribution in [3.05, 3.63) is 0 Å². The van der Waals surface area contributed by atoms with Crippen LogP contribution < -0.4 is 5.32 Å².